The molecule has 2 saturated heterocycles. The number of rotatable bonds is 7. The summed E-state index contributed by atoms with van der Waals surface area (Å²) >= 11 is 0. The zero-order valence-corrected chi connectivity index (χ0v) is 28.0. The van der Waals surface area contributed by atoms with Gasteiger partial charge in [-0.25, -0.2) is 0 Å². The number of ketones is 2. The maximum Gasteiger partial charge on any atom is 0.341 e. The normalized spacial score (nSPS) is 49.9. The van der Waals surface area contributed by atoms with Crippen LogP contribution in [0.1, 0.15) is 51.4 Å². The van der Waals surface area contributed by atoms with E-state index >= 15 is 0 Å². The molecule has 2 aliphatic heterocycles. The van der Waals surface area contributed by atoms with E-state index in [1.807, 2.05) is 0 Å². The number of piperidine rings is 1. The van der Waals surface area contributed by atoms with Crippen molar-refractivity contribution < 1.29 is 59.6 Å². The Morgan fingerprint density at radius 3 is 2.40 bits per heavy atom. The van der Waals surface area contributed by atoms with E-state index in [1.54, 1.807) is 7.05 Å². The minimum absolute atomic E-state index is 0.0176. The molecule has 0 aromatic heterocycles. The van der Waals surface area contributed by atoms with Gasteiger partial charge >= 0.3 is 5.96 Å². The molecule has 6 rings (SSSR count). The number of aliphatic hydroxyl groups is 5. The minimum Gasteiger partial charge on any atom is -0.394 e. The van der Waals surface area contributed by atoms with Crippen LogP contribution in [0.4, 0.5) is 0 Å². The molecule has 11 unspecified atom stereocenters. The monoisotopic (exact) mass is 683 g/mol. The third-order valence-electron chi connectivity index (χ3n) is 12.8. The van der Waals surface area contributed by atoms with E-state index in [1.165, 1.54) is 7.11 Å². The molecule has 4 aliphatic carbocycles. The number of guanidine groups is 1. The first-order valence-corrected chi connectivity index (χ1v) is 17.9. The van der Waals surface area contributed by atoms with Crippen LogP contribution in [0.2, 0.25) is 0 Å². The summed E-state index contributed by atoms with van der Waals surface area (Å²) < 4.78 is 17.5. The Hall–Kier alpha value is -1.79. The van der Waals surface area contributed by atoms with E-state index in [-0.39, 0.29) is 47.9 Å². The third kappa shape index (κ3) is 6.67. The summed E-state index contributed by atoms with van der Waals surface area (Å²) in [5.41, 5.74) is 12.3. The molecular weight excluding hydrogens is 626 g/mol. The number of nitrogens with one attached hydrogen (secondary N) is 2. The molecule has 6 aliphatic rings. The predicted octanol–water partition coefficient (Wildman–Crippen LogP) is -5.36. The summed E-state index contributed by atoms with van der Waals surface area (Å²) in [7, 11) is 3.25. The van der Waals surface area contributed by atoms with Crippen molar-refractivity contribution in [1.29, 1.82) is 0 Å². The maximum atomic E-state index is 14.7. The lowest BCUT2D eigenvalue weighted by molar-refractivity contribution is -0.703. The zero-order valence-electron chi connectivity index (χ0n) is 28.0. The van der Waals surface area contributed by atoms with Crippen molar-refractivity contribution in [2.75, 3.05) is 27.3 Å². The van der Waals surface area contributed by atoms with Gasteiger partial charge in [-0.2, -0.15) is 0 Å². The van der Waals surface area contributed by atoms with Crippen molar-refractivity contribution in [3.63, 3.8) is 0 Å². The molecule has 0 radical (unpaired) electrons. The third-order valence-corrected chi connectivity index (χ3v) is 12.8. The zero-order chi connectivity index (χ0) is 34.4. The lowest BCUT2D eigenvalue weighted by atomic mass is 9.49. The lowest BCUT2D eigenvalue weighted by Gasteiger charge is -2.56. The lowest BCUT2D eigenvalue weighted by Crippen LogP contribution is -2.95. The first-order valence-electron chi connectivity index (χ1n) is 17.9. The molecule has 0 aromatic rings. The fourth-order valence-electron chi connectivity index (χ4n) is 10.3. The average molecular weight is 684 g/mol. The molecule has 4 saturated carbocycles. The van der Waals surface area contributed by atoms with Crippen molar-refractivity contribution >= 4 is 17.5 Å². The van der Waals surface area contributed by atoms with Gasteiger partial charge in [-0.3, -0.25) is 31.4 Å². The molecule has 0 amide bonds. The number of Topliss-reactive ketones (excluding diaryl/α,β-unsaturated/α-hetero) is 2. The van der Waals surface area contributed by atoms with E-state index in [2.05, 4.69) is 15.6 Å². The molecule has 0 aromatic carbocycles. The Bertz CT molecular complexity index is 1190. The van der Waals surface area contributed by atoms with Gasteiger partial charge in [0.2, 0.25) is 0 Å². The van der Waals surface area contributed by atoms with Crippen LogP contribution in [0.15, 0.2) is 0 Å². The molecule has 48 heavy (non-hydrogen) atoms. The van der Waals surface area contributed by atoms with Crippen LogP contribution in [0.3, 0.4) is 0 Å². The van der Waals surface area contributed by atoms with Crippen LogP contribution >= 0.6 is 0 Å². The smallest absolute Gasteiger partial charge is 0.341 e. The van der Waals surface area contributed by atoms with Gasteiger partial charge in [0, 0.05) is 43.6 Å². The van der Waals surface area contributed by atoms with Gasteiger partial charge in [-0.1, -0.05) is 0 Å². The fourth-order valence-corrected chi connectivity index (χ4v) is 10.3. The number of aliphatic hydroxyl groups excluding tert-OH is 5. The molecule has 272 valence electrons. The van der Waals surface area contributed by atoms with Crippen molar-refractivity contribution in [1.82, 2.24) is 5.32 Å². The van der Waals surface area contributed by atoms with Crippen molar-refractivity contribution in [3.8, 4) is 0 Å². The van der Waals surface area contributed by atoms with Crippen molar-refractivity contribution in [2.24, 2.45) is 58.8 Å². The van der Waals surface area contributed by atoms with Crippen molar-refractivity contribution in [3.05, 3.63) is 0 Å². The van der Waals surface area contributed by atoms with Crippen LogP contribution in [0.25, 0.3) is 0 Å². The molecule has 6 fully saturated rings. The highest BCUT2D eigenvalue weighted by Crippen LogP contribution is 2.55. The number of ether oxygens (including phenoxy) is 3. The molecule has 15 heteroatoms. The van der Waals surface area contributed by atoms with Crippen LogP contribution in [-0.4, -0.2) is 132 Å². The van der Waals surface area contributed by atoms with E-state index in [0.717, 1.165) is 38.6 Å². The number of hydrogen-bond donors (Lipinski definition) is 10. The number of nitrogens with two attached hydrogens (primary N) is 3. The van der Waals surface area contributed by atoms with Gasteiger partial charge in [0.1, 0.15) is 42.1 Å². The summed E-state index contributed by atoms with van der Waals surface area (Å²) in [6, 6.07) is -0.188. The van der Waals surface area contributed by atoms with Crippen LogP contribution in [-0.2, 0) is 23.8 Å². The second-order valence-electron chi connectivity index (χ2n) is 15.3. The molecule has 0 spiro atoms. The summed E-state index contributed by atoms with van der Waals surface area (Å²) in [4.78, 5) is 32.1. The number of fused-ring (bicyclic) bond motifs is 3. The molecule has 0 bridgehead atoms. The van der Waals surface area contributed by atoms with Crippen LogP contribution in [0.5, 0.6) is 0 Å². The maximum absolute atomic E-state index is 14.7. The summed E-state index contributed by atoms with van der Waals surface area (Å²) in [6.45, 7) is 0.331. The van der Waals surface area contributed by atoms with Gasteiger partial charge < -0.3 is 45.1 Å². The van der Waals surface area contributed by atoms with Crippen LogP contribution in [0, 0.1) is 47.3 Å². The SMILES string of the molecule is C[NH+]=C(N)N[C@@H]1CC[C@@H](CC2CCC(N)[NH2+]C2)C2CC3C(=O)C4CC(OC)CC(O[C@H]5O[C@H](CO)[C@@H](O)[C@H](O)[C@H]5O)C4C(=O)C3C(O)C21. The number of quaternary nitrogens is 1. The summed E-state index contributed by atoms with van der Waals surface area (Å²) in [6.07, 6.45) is -4.11. The quantitative estimate of drug-likeness (QED) is 0.0890. The highest BCUT2D eigenvalue weighted by atomic mass is 16.7. The fraction of sp³-hybridized carbons (Fsp3) is 0.909. The Labute approximate surface area is 281 Å². The van der Waals surface area contributed by atoms with Crippen LogP contribution < -0.4 is 27.1 Å². The highest BCUT2D eigenvalue weighted by molar-refractivity contribution is 6.00. The van der Waals surface area contributed by atoms with E-state index in [0.29, 0.717) is 24.7 Å². The second kappa shape index (κ2) is 14.8. The first-order chi connectivity index (χ1) is 23.0. The Balaban J connectivity index is 1.28. The standard InChI is InChI=1S/C33H55N5O10/c1-36-33(35)38-19-5-4-14(7-13-3-6-22(34)37-11-13)16-10-18-25(28(42)23(16)19)29(43)24-17(26(18)40)8-15(46-2)9-20(24)47-32-31(45)30(44)27(41)21(12-39)48-32/h13-25,27-28,30-32,37,39,41-42,44-45H,3-12,34H2,1-2H3,(H3,35,36,38)/p+2/t13?,14-,15?,16?,17?,18?,19+,20?,21+,22?,23?,24?,25?,27+,28?,30-,31+,32-/m0/s1. The summed E-state index contributed by atoms with van der Waals surface area (Å²) in [5, 5.41) is 58.9. The van der Waals surface area contributed by atoms with Gasteiger partial charge in [-0.15, -0.1) is 0 Å². The number of carbonyl (C=O) groups is 2. The number of carbonyl (C=O) groups excluding carboxylic acids is 2. The van der Waals surface area contributed by atoms with Gasteiger partial charge in [0.05, 0.1) is 56.4 Å². The van der Waals surface area contributed by atoms with Gasteiger partial charge in [0.25, 0.3) is 0 Å². The van der Waals surface area contributed by atoms with Gasteiger partial charge in [-0.05, 0) is 50.4 Å². The number of hydrogen-bond acceptors (Lipinski definition) is 11. The molecule has 15 nitrogen and oxygen atoms in total. The van der Waals surface area contributed by atoms with Gasteiger partial charge in [0.15, 0.2) is 6.29 Å². The molecule has 13 N–H and O–H groups in total. The Morgan fingerprint density at radius 1 is 0.979 bits per heavy atom. The minimum atomic E-state index is -1.66. The van der Waals surface area contributed by atoms with E-state index in [4.69, 9.17) is 25.7 Å². The Kier molecular flexibility index (Phi) is 11.1. The Morgan fingerprint density at radius 2 is 1.73 bits per heavy atom. The average Bonchev–Trinajstić information content (AvgIpc) is 3.08. The van der Waals surface area contributed by atoms with E-state index < -0.39 is 79.3 Å². The second-order valence-corrected chi connectivity index (χ2v) is 15.3. The highest BCUT2D eigenvalue weighted by Gasteiger charge is 2.63. The predicted molar refractivity (Wildman–Crippen MR) is 168 cm³/mol. The topological polar surface area (TPSA) is 258 Å². The van der Waals surface area contributed by atoms with Crippen molar-refractivity contribution in [2.45, 2.75) is 113 Å². The number of methoxy groups -OCH3 is 1. The molecule has 2 heterocycles. The molecule has 18 atom stereocenters. The largest absolute Gasteiger partial charge is 0.394 e. The van der Waals surface area contributed by atoms with E-state index in [9.17, 15) is 35.1 Å². The molecular formula is C33H57N5O10+2. The first kappa shape index (κ1) is 36.0. The summed E-state index contributed by atoms with van der Waals surface area (Å²) in [5.74, 6) is -2.65.